The van der Waals surface area contributed by atoms with Gasteiger partial charge in [0.2, 0.25) is 0 Å². The van der Waals surface area contributed by atoms with Crippen LogP contribution in [-0.2, 0) is 0 Å². The standard InChI is InChI=1S/C14H28O/c1-3-5-6-8-11-14(15)12-9-7-10-13(14)4-2/h13,15H,3-12H2,1-2H3. The Morgan fingerprint density at radius 1 is 1.13 bits per heavy atom. The average molecular weight is 212 g/mol. The maximum absolute atomic E-state index is 10.6. The van der Waals surface area contributed by atoms with Crippen LogP contribution in [0.2, 0.25) is 0 Å². The van der Waals surface area contributed by atoms with Gasteiger partial charge in [-0.05, 0) is 25.2 Å². The van der Waals surface area contributed by atoms with E-state index in [0.717, 1.165) is 19.3 Å². The van der Waals surface area contributed by atoms with Gasteiger partial charge in [0.15, 0.2) is 0 Å². The Morgan fingerprint density at radius 3 is 2.60 bits per heavy atom. The molecule has 0 heterocycles. The number of hydrogen-bond donors (Lipinski definition) is 1. The van der Waals surface area contributed by atoms with Gasteiger partial charge in [0.1, 0.15) is 0 Å². The first-order valence-corrected chi connectivity index (χ1v) is 6.95. The van der Waals surface area contributed by atoms with Crippen molar-refractivity contribution >= 4 is 0 Å². The zero-order valence-electron chi connectivity index (χ0n) is 10.6. The Hall–Kier alpha value is -0.0400. The molecule has 1 nitrogen and oxygen atoms in total. The molecule has 1 fully saturated rings. The van der Waals surface area contributed by atoms with Crippen LogP contribution < -0.4 is 0 Å². The van der Waals surface area contributed by atoms with Gasteiger partial charge in [-0.1, -0.05) is 58.8 Å². The Balaban J connectivity index is 2.33. The molecular weight excluding hydrogens is 184 g/mol. The molecule has 2 unspecified atom stereocenters. The number of rotatable bonds is 6. The van der Waals surface area contributed by atoms with Crippen molar-refractivity contribution in [2.45, 2.75) is 83.7 Å². The molecule has 0 aliphatic heterocycles. The minimum atomic E-state index is -0.305. The van der Waals surface area contributed by atoms with Gasteiger partial charge >= 0.3 is 0 Å². The Bertz CT molecular complexity index is 167. The highest BCUT2D eigenvalue weighted by Gasteiger charge is 2.36. The number of aliphatic hydroxyl groups is 1. The summed E-state index contributed by atoms with van der Waals surface area (Å²) < 4.78 is 0. The first kappa shape index (κ1) is 13.0. The molecule has 1 aliphatic carbocycles. The molecule has 0 radical (unpaired) electrons. The molecule has 1 N–H and O–H groups in total. The maximum Gasteiger partial charge on any atom is 0.0675 e. The molecule has 1 aliphatic rings. The van der Waals surface area contributed by atoms with Crippen molar-refractivity contribution in [1.29, 1.82) is 0 Å². The van der Waals surface area contributed by atoms with Gasteiger partial charge < -0.3 is 5.11 Å². The van der Waals surface area contributed by atoms with Crippen molar-refractivity contribution in [2.75, 3.05) is 0 Å². The summed E-state index contributed by atoms with van der Waals surface area (Å²) in [6.07, 6.45) is 12.2. The lowest BCUT2D eigenvalue weighted by Gasteiger charge is -2.40. The molecule has 90 valence electrons. The van der Waals surface area contributed by atoms with Crippen molar-refractivity contribution < 1.29 is 5.11 Å². The van der Waals surface area contributed by atoms with Crippen LogP contribution in [0.25, 0.3) is 0 Å². The number of unbranched alkanes of at least 4 members (excludes halogenated alkanes) is 3. The van der Waals surface area contributed by atoms with Gasteiger partial charge in [0, 0.05) is 0 Å². The topological polar surface area (TPSA) is 20.2 Å². The minimum absolute atomic E-state index is 0.305. The van der Waals surface area contributed by atoms with Gasteiger partial charge in [-0.25, -0.2) is 0 Å². The van der Waals surface area contributed by atoms with Gasteiger partial charge in [-0.3, -0.25) is 0 Å². The summed E-state index contributed by atoms with van der Waals surface area (Å²) in [5.74, 6) is 0.577. The predicted molar refractivity (Wildman–Crippen MR) is 66.0 cm³/mol. The molecule has 0 aromatic rings. The van der Waals surface area contributed by atoms with Gasteiger partial charge in [0.25, 0.3) is 0 Å². The third-order valence-electron chi connectivity index (χ3n) is 4.13. The average Bonchev–Trinajstić information content (AvgIpc) is 2.25. The zero-order valence-corrected chi connectivity index (χ0v) is 10.6. The van der Waals surface area contributed by atoms with Crippen molar-refractivity contribution in [1.82, 2.24) is 0 Å². The second-order valence-corrected chi connectivity index (χ2v) is 5.27. The summed E-state index contributed by atoms with van der Waals surface area (Å²) in [7, 11) is 0. The highest BCUT2D eigenvalue weighted by Crippen LogP contribution is 2.39. The lowest BCUT2D eigenvalue weighted by Crippen LogP contribution is -2.40. The largest absolute Gasteiger partial charge is 0.390 e. The van der Waals surface area contributed by atoms with Gasteiger partial charge in [0.05, 0.1) is 5.60 Å². The quantitative estimate of drug-likeness (QED) is 0.651. The molecule has 0 aromatic heterocycles. The summed E-state index contributed by atoms with van der Waals surface area (Å²) in [5.41, 5.74) is -0.305. The summed E-state index contributed by atoms with van der Waals surface area (Å²) in [4.78, 5) is 0. The first-order chi connectivity index (χ1) is 7.23. The van der Waals surface area contributed by atoms with E-state index in [1.165, 1.54) is 44.9 Å². The SMILES string of the molecule is CCCCCCC1(O)CCCCC1CC. The van der Waals surface area contributed by atoms with E-state index in [-0.39, 0.29) is 5.60 Å². The fourth-order valence-corrected chi connectivity index (χ4v) is 3.07. The molecule has 1 rings (SSSR count). The van der Waals surface area contributed by atoms with E-state index in [9.17, 15) is 5.11 Å². The van der Waals surface area contributed by atoms with Crippen LogP contribution in [0.1, 0.15) is 78.1 Å². The first-order valence-electron chi connectivity index (χ1n) is 6.95. The Kier molecular flexibility index (Phi) is 5.66. The van der Waals surface area contributed by atoms with E-state index < -0.39 is 0 Å². The predicted octanol–water partition coefficient (Wildman–Crippen LogP) is 4.29. The normalized spacial score (nSPS) is 31.8. The summed E-state index contributed by atoms with van der Waals surface area (Å²) in [5, 5.41) is 10.6. The van der Waals surface area contributed by atoms with Crippen molar-refractivity contribution in [3.8, 4) is 0 Å². The molecule has 1 heteroatoms. The van der Waals surface area contributed by atoms with Gasteiger partial charge in [-0.2, -0.15) is 0 Å². The van der Waals surface area contributed by atoms with Crippen LogP contribution in [0, 0.1) is 5.92 Å². The third-order valence-corrected chi connectivity index (χ3v) is 4.13. The van der Waals surface area contributed by atoms with E-state index in [0.29, 0.717) is 5.92 Å². The van der Waals surface area contributed by atoms with E-state index in [2.05, 4.69) is 13.8 Å². The third kappa shape index (κ3) is 3.79. The summed E-state index contributed by atoms with van der Waals surface area (Å²) >= 11 is 0. The smallest absolute Gasteiger partial charge is 0.0675 e. The molecule has 0 bridgehead atoms. The van der Waals surface area contributed by atoms with Crippen LogP contribution in [0.15, 0.2) is 0 Å². The second-order valence-electron chi connectivity index (χ2n) is 5.27. The lowest BCUT2D eigenvalue weighted by atomic mass is 9.71. The monoisotopic (exact) mass is 212 g/mol. The second kappa shape index (κ2) is 6.52. The molecule has 2 atom stereocenters. The zero-order chi connectivity index (χ0) is 11.1. The van der Waals surface area contributed by atoms with Gasteiger partial charge in [-0.15, -0.1) is 0 Å². The molecule has 15 heavy (non-hydrogen) atoms. The van der Waals surface area contributed by atoms with E-state index >= 15 is 0 Å². The van der Waals surface area contributed by atoms with Crippen LogP contribution in [0.4, 0.5) is 0 Å². The highest BCUT2D eigenvalue weighted by atomic mass is 16.3. The fourth-order valence-electron chi connectivity index (χ4n) is 3.07. The van der Waals surface area contributed by atoms with Crippen molar-refractivity contribution in [3.05, 3.63) is 0 Å². The fraction of sp³-hybridized carbons (Fsp3) is 1.00. The van der Waals surface area contributed by atoms with E-state index in [1.54, 1.807) is 0 Å². The Morgan fingerprint density at radius 2 is 1.93 bits per heavy atom. The molecule has 0 saturated heterocycles. The van der Waals surface area contributed by atoms with Crippen LogP contribution in [0.5, 0.6) is 0 Å². The van der Waals surface area contributed by atoms with Crippen molar-refractivity contribution in [3.63, 3.8) is 0 Å². The highest BCUT2D eigenvalue weighted by molar-refractivity contribution is 4.89. The summed E-state index contributed by atoms with van der Waals surface area (Å²) in [6.45, 7) is 4.47. The van der Waals surface area contributed by atoms with Crippen LogP contribution >= 0.6 is 0 Å². The van der Waals surface area contributed by atoms with Crippen LogP contribution in [0.3, 0.4) is 0 Å². The number of hydrogen-bond acceptors (Lipinski definition) is 1. The minimum Gasteiger partial charge on any atom is -0.390 e. The molecular formula is C14H28O. The molecule has 0 aromatic carbocycles. The summed E-state index contributed by atoms with van der Waals surface area (Å²) in [6, 6.07) is 0. The molecule has 1 saturated carbocycles. The van der Waals surface area contributed by atoms with Crippen molar-refractivity contribution in [2.24, 2.45) is 5.92 Å². The lowest BCUT2D eigenvalue weighted by molar-refractivity contribution is -0.0578. The van der Waals surface area contributed by atoms with E-state index in [4.69, 9.17) is 0 Å². The molecule has 0 spiro atoms. The van der Waals surface area contributed by atoms with Crippen LogP contribution in [-0.4, -0.2) is 10.7 Å². The molecule has 0 amide bonds. The Labute approximate surface area is 95.3 Å². The maximum atomic E-state index is 10.6. The van der Waals surface area contributed by atoms with E-state index in [1.807, 2.05) is 0 Å².